The molecule has 0 unspecified atom stereocenters. The second-order valence-electron chi connectivity index (χ2n) is 4.67. The van der Waals surface area contributed by atoms with Gasteiger partial charge in [0.15, 0.2) is 5.58 Å². The summed E-state index contributed by atoms with van der Waals surface area (Å²) in [6.07, 6.45) is 0. The predicted molar refractivity (Wildman–Crippen MR) is 75.5 cm³/mol. The minimum absolute atomic E-state index is 0.653. The van der Waals surface area contributed by atoms with E-state index >= 15 is 0 Å². The SMILES string of the molecule is COc1ccc2oc(-c3ccc(C)cc3C)nc2c1. The summed E-state index contributed by atoms with van der Waals surface area (Å²) in [4.78, 5) is 4.54. The molecule has 0 saturated heterocycles. The topological polar surface area (TPSA) is 35.3 Å². The lowest BCUT2D eigenvalue weighted by molar-refractivity contribution is 0.415. The summed E-state index contributed by atoms with van der Waals surface area (Å²) in [5.74, 6) is 1.44. The molecule has 0 saturated carbocycles. The maximum atomic E-state index is 5.81. The van der Waals surface area contributed by atoms with Gasteiger partial charge in [-0.3, -0.25) is 0 Å². The van der Waals surface area contributed by atoms with Crippen molar-refractivity contribution in [2.75, 3.05) is 7.11 Å². The smallest absolute Gasteiger partial charge is 0.227 e. The number of nitrogens with zero attached hydrogens (tertiary/aromatic N) is 1. The molecule has 0 radical (unpaired) electrons. The van der Waals surface area contributed by atoms with Crippen LogP contribution < -0.4 is 4.74 Å². The van der Waals surface area contributed by atoms with Crippen LogP contribution in [0.4, 0.5) is 0 Å². The van der Waals surface area contributed by atoms with Crippen LogP contribution in [0.3, 0.4) is 0 Å². The summed E-state index contributed by atoms with van der Waals surface area (Å²) in [5.41, 5.74) is 5.02. The molecule has 0 aliphatic heterocycles. The minimum Gasteiger partial charge on any atom is -0.497 e. The summed E-state index contributed by atoms with van der Waals surface area (Å²) in [6, 6.07) is 11.9. The van der Waals surface area contributed by atoms with Crippen LogP contribution in [0.2, 0.25) is 0 Å². The fourth-order valence-electron chi connectivity index (χ4n) is 2.20. The zero-order valence-corrected chi connectivity index (χ0v) is 11.2. The summed E-state index contributed by atoms with van der Waals surface area (Å²) in [6.45, 7) is 4.14. The van der Waals surface area contributed by atoms with Crippen LogP contribution in [0.25, 0.3) is 22.6 Å². The Bertz CT molecular complexity index is 744. The van der Waals surface area contributed by atoms with E-state index in [1.807, 2.05) is 24.3 Å². The molecule has 1 aromatic heterocycles. The number of hydrogen-bond acceptors (Lipinski definition) is 3. The molecule has 3 nitrogen and oxygen atoms in total. The third kappa shape index (κ3) is 2.08. The average Bonchev–Trinajstić information content (AvgIpc) is 2.80. The highest BCUT2D eigenvalue weighted by molar-refractivity contribution is 5.78. The number of fused-ring (bicyclic) bond motifs is 1. The van der Waals surface area contributed by atoms with Crippen molar-refractivity contribution in [3.63, 3.8) is 0 Å². The van der Waals surface area contributed by atoms with Crippen LogP contribution in [-0.4, -0.2) is 12.1 Å². The van der Waals surface area contributed by atoms with Crippen molar-refractivity contribution in [2.24, 2.45) is 0 Å². The molecule has 0 aliphatic carbocycles. The third-order valence-electron chi connectivity index (χ3n) is 3.21. The lowest BCUT2D eigenvalue weighted by Crippen LogP contribution is -1.84. The molecular weight excluding hydrogens is 238 g/mol. The molecule has 0 aliphatic rings. The Hall–Kier alpha value is -2.29. The number of rotatable bonds is 2. The third-order valence-corrected chi connectivity index (χ3v) is 3.21. The van der Waals surface area contributed by atoms with Crippen molar-refractivity contribution in [3.05, 3.63) is 47.5 Å². The first kappa shape index (κ1) is 11.8. The molecule has 1 heterocycles. The van der Waals surface area contributed by atoms with Gasteiger partial charge in [-0.2, -0.15) is 0 Å². The van der Waals surface area contributed by atoms with E-state index in [0.29, 0.717) is 5.89 Å². The van der Waals surface area contributed by atoms with E-state index < -0.39 is 0 Å². The molecular formula is C16H15NO2. The van der Waals surface area contributed by atoms with Gasteiger partial charge in [-0.15, -0.1) is 0 Å². The maximum absolute atomic E-state index is 5.81. The Labute approximate surface area is 111 Å². The van der Waals surface area contributed by atoms with E-state index in [2.05, 4.69) is 31.0 Å². The van der Waals surface area contributed by atoms with Gasteiger partial charge in [0.2, 0.25) is 5.89 Å². The highest BCUT2D eigenvalue weighted by Gasteiger charge is 2.11. The summed E-state index contributed by atoms with van der Waals surface area (Å²) < 4.78 is 11.0. The van der Waals surface area contributed by atoms with E-state index in [0.717, 1.165) is 22.4 Å². The minimum atomic E-state index is 0.653. The lowest BCUT2D eigenvalue weighted by Gasteiger charge is -2.01. The molecule has 3 heteroatoms. The number of benzene rings is 2. The van der Waals surface area contributed by atoms with Gasteiger partial charge < -0.3 is 9.15 Å². The number of hydrogen-bond donors (Lipinski definition) is 0. The Kier molecular flexibility index (Phi) is 2.75. The number of methoxy groups -OCH3 is 1. The quantitative estimate of drug-likeness (QED) is 0.689. The van der Waals surface area contributed by atoms with Crippen molar-refractivity contribution in [1.82, 2.24) is 4.98 Å². The molecule has 0 atom stereocenters. The van der Waals surface area contributed by atoms with Crippen LogP contribution in [0.1, 0.15) is 11.1 Å². The van der Waals surface area contributed by atoms with Crippen LogP contribution in [0, 0.1) is 13.8 Å². The Morgan fingerprint density at radius 1 is 1.05 bits per heavy atom. The van der Waals surface area contributed by atoms with Crippen molar-refractivity contribution >= 4 is 11.1 Å². The molecule has 0 amide bonds. The highest BCUT2D eigenvalue weighted by Crippen LogP contribution is 2.29. The van der Waals surface area contributed by atoms with Crippen LogP contribution >= 0.6 is 0 Å². The van der Waals surface area contributed by atoms with Crippen molar-refractivity contribution in [3.8, 4) is 17.2 Å². The van der Waals surface area contributed by atoms with Gasteiger partial charge in [-0.25, -0.2) is 4.98 Å². The Morgan fingerprint density at radius 2 is 1.89 bits per heavy atom. The Morgan fingerprint density at radius 3 is 2.63 bits per heavy atom. The largest absolute Gasteiger partial charge is 0.497 e. The van der Waals surface area contributed by atoms with E-state index in [4.69, 9.17) is 9.15 Å². The second kappa shape index (κ2) is 4.43. The molecule has 3 aromatic rings. The first-order chi connectivity index (χ1) is 9.17. The van der Waals surface area contributed by atoms with Crippen molar-refractivity contribution < 1.29 is 9.15 Å². The number of aromatic nitrogens is 1. The van der Waals surface area contributed by atoms with Crippen molar-refractivity contribution in [1.29, 1.82) is 0 Å². The zero-order valence-electron chi connectivity index (χ0n) is 11.2. The van der Waals surface area contributed by atoms with Crippen LogP contribution in [-0.2, 0) is 0 Å². The van der Waals surface area contributed by atoms with Gasteiger partial charge >= 0.3 is 0 Å². The summed E-state index contributed by atoms with van der Waals surface area (Å²) in [7, 11) is 1.65. The molecule has 3 rings (SSSR count). The Balaban J connectivity index is 2.14. The summed E-state index contributed by atoms with van der Waals surface area (Å²) >= 11 is 0. The fourth-order valence-corrected chi connectivity index (χ4v) is 2.20. The zero-order chi connectivity index (χ0) is 13.4. The van der Waals surface area contributed by atoms with Gasteiger partial charge in [-0.1, -0.05) is 17.7 Å². The molecule has 0 bridgehead atoms. The molecule has 2 aromatic carbocycles. The number of ether oxygens (including phenoxy) is 1. The van der Waals surface area contributed by atoms with E-state index in [9.17, 15) is 0 Å². The van der Waals surface area contributed by atoms with Crippen LogP contribution in [0.5, 0.6) is 5.75 Å². The summed E-state index contributed by atoms with van der Waals surface area (Å²) in [5, 5.41) is 0. The number of oxazole rings is 1. The molecule has 0 fully saturated rings. The number of aryl methyl sites for hydroxylation is 2. The van der Waals surface area contributed by atoms with Crippen molar-refractivity contribution in [2.45, 2.75) is 13.8 Å². The molecule has 96 valence electrons. The van der Waals surface area contributed by atoms with Gasteiger partial charge in [0, 0.05) is 11.6 Å². The standard InChI is InChI=1S/C16H15NO2/c1-10-4-6-13(11(2)8-10)16-17-14-9-12(18-3)5-7-15(14)19-16/h4-9H,1-3H3. The van der Waals surface area contributed by atoms with E-state index in [1.54, 1.807) is 7.11 Å². The fraction of sp³-hybridized carbons (Fsp3) is 0.188. The molecule has 0 N–H and O–H groups in total. The normalized spacial score (nSPS) is 10.9. The lowest BCUT2D eigenvalue weighted by atomic mass is 10.1. The maximum Gasteiger partial charge on any atom is 0.227 e. The van der Waals surface area contributed by atoms with E-state index in [1.165, 1.54) is 11.1 Å². The first-order valence-corrected chi connectivity index (χ1v) is 6.19. The first-order valence-electron chi connectivity index (χ1n) is 6.19. The van der Waals surface area contributed by atoms with Gasteiger partial charge in [-0.05, 0) is 37.6 Å². The predicted octanol–water partition coefficient (Wildman–Crippen LogP) is 4.12. The average molecular weight is 253 g/mol. The van der Waals surface area contributed by atoms with Gasteiger partial charge in [0.25, 0.3) is 0 Å². The van der Waals surface area contributed by atoms with Gasteiger partial charge in [0.05, 0.1) is 7.11 Å². The van der Waals surface area contributed by atoms with Crippen LogP contribution in [0.15, 0.2) is 40.8 Å². The second-order valence-corrected chi connectivity index (χ2v) is 4.67. The molecule has 19 heavy (non-hydrogen) atoms. The monoisotopic (exact) mass is 253 g/mol. The van der Waals surface area contributed by atoms with E-state index in [-0.39, 0.29) is 0 Å². The molecule has 0 spiro atoms. The highest BCUT2D eigenvalue weighted by atomic mass is 16.5. The van der Waals surface area contributed by atoms with Gasteiger partial charge in [0.1, 0.15) is 11.3 Å².